The molecule has 0 aliphatic carbocycles. The van der Waals surface area contributed by atoms with E-state index in [9.17, 15) is 0 Å². The monoisotopic (exact) mass is 370 g/mol. The van der Waals surface area contributed by atoms with Gasteiger partial charge in [-0.05, 0) is 48.0 Å². The summed E-state index contributed by atoms with van der Waals surface area (Å²) in [5.74, 6) is 0.334. The number of H-pyrrole nitrogens is 1. The van der Waals surface area contributed by atoms with E-state index in [4.69, 9.17) is 5.73 Å². The topological polar surface area (TPSA) is 83.7 Å². The molecule has 0 bridgehead atoms. The molecule has 3 heterocycles. The van der Waals surface area contributed by atoms with E-state index in [2.05, 4.69) is 68.7 Å². The Balaban J connectivity index is 1.54. The van der Waals surface area contributed by atoms with Crippen LogP contribution in [-0.2, 0) is 13.1 Å². The van der Waals surface area contributed by atoms with E-state index in [-0.39, 0.29) is 0 Å². The Morgan fingerprint density at radius 3 is 2.86 bits per heavy atom. The molecule has 28 heavy (non-hydrogen) atoms. The van der Waals surface area contributed by atoms with Crippen molar-refractivity contribution < 1.29 is 0 Å². The summed E-state index contributed by atoms with van der Waals surface area (Å²) in [6.45, 7) is 2.34. The largest absolute Gasteiger partial charge is 0.325 e. The first-order chi connectivity index (χ1) is 13.7. The van der Waals surface area contributed by atoms with E-state index >= 15 is 0 Å². The summed E-state index contributed by atoms with van der Waals surface area (Å²) in [6, 6.07) is 17.2. The normalized spacial score (nSPS) is 17.0. The van der Waals surface area contributed by atoms with Crippen LogP contribution in [0, 0.1) is 0 Å². The predicted molar refractivity (Wildman–Crippen MR) is 110 cm³/mol. The van der Waals surface area contributed by atoms with Gasteiger partial charge in [-0.1, -0.05) is 24.3 Å². The van der Waals surface area contributed by atoms with Gasteiger partial charge in [-0.25, -0.2) is 0 Å². The van der Waals surface area contributed by atoms with Crippen LogP contribution in [0.15, 0.2) is 54.7 Å². The van der Waals surface area contributed by atoms with Crippen molar-refractivity contribution in [2.24, 2.45) is 5.73 Å². The molecule has 1 aliphatic rings. The van der Waals surface area contributed by atoms with Crippen LogP contribution in [0.4, 0.5) is 0 Å². The molecule has 6 heteroatoms. The van der Waals surface area contributed by atoms with Crippen LogP contribution >= 0.6 is 0 Å². The number of nitrogens with one attached hydrogen (secondary N) is 1. The van der Waals surface area contributed by atoms with Crippen LogP contribution in [0.2, 0.25) is 0 Å². The second-order valence-corrected chi connectivity index (χ2v) is 7.49. The Bertz CT molecular complexity index is 1130. The third kappa shape index (κ3) is 2.96. The number of hydrogen-bond acceptors (Lipinski definition) is 5. The molecule has 0 spiro atoms. The van der Waals surface area contributed by atoms with Crippen molar-refractivity contribution in [3.8, 4) is 11.3 Å². The highest BCUT2D eigenvalue weighted by Gasteiger charge is 2.25. The van der Waals surface area contributed by atoms with Crippen LogP contribution in [0.1, 0.15) is 28.3 Å². The van der Waals surface area contributed by atoms with Crippen molar-refractivity contribution in [2.75, 3.05) is 13.6 Å². The van der Waals surface area contributed by atoms with Gasteiger partial charge in [0.2, 0.25) is 0 Å². The summed E-state index contributed by atoms with van der Waals surface area (Å²) < 4.78 is 0. The van der Waals surface area contributed by atoms with Gasteiger partial charge in [0.05, 0.1) is 23.1 Å². The number of hydrogen-bond donors (Lipinski definition) is 2. The zero-order chi connectivity index (χ0) is 19.1. The van der Waals surface area contributed by atoms with E-state index in [0.29, 0.717) is 12.5 Å². The van der Waals surface area contributed by atoms with Crippen molar-refractivity contribution in [3.05, 3.63) is 77.1 Å². The number of rotatable bonds is 3. The number of fused-ring (bicyclic) bond motifs is 2. The average molecular weight is 370 g/mol. The Hall–Kier alpha value is -3.09. The predicted octanol–water partition coefficient (Wildman–Crippen LogP) is 3.06. The lowest BCUT2D eigenvalue weighted by Gasteiger charge is -2.33. The van der Waals surface area contributed by atoms with E-state index in [1.807, 2.05) is 18.3 Å². The van der Waals surface area contributed by atoms with E-state index < -0.39 is 0 Å². The molecule has 0 radical (unpaired) electrons. The highest BCUT2D eigenvalue weighted by Crippen LogP contribution is 2.35. The number of benzene rings is 2. The molecule has 5 rings (SSSR count). The molecule has 0 saturated carbocycles. The van der Waals surface area contributed by atoms with E-state index in [1.54, 1.807) is 0 Å². The van der Waals surface area contributed by atoms with Crippen LogP contribution in [0.25, 0.3) is 22.2 Å². The van der Waals surface area contributed by atoms with Gasteiger partial charge in [-0.15, -0.1) is 0 Å². The van der Waals surface area contributed by atoms with Crippen LogP contribution < -0.4 is 5.73 Å². The van der Waals surface area contributed by atoms with Crippen molar-refractivity contribution >= 4 is 10.9 Å². The maximum Gasteiger partial charge on any atom is 0.0929 e. The Labute approximate surface area is 163 Å². The number of nitrogens with zero attached hydrogens (tertiary/aromatic N) is 4. The van der Waals surface area contributed by atoms with Gasteiger partial charge in [0, 0.05) is 36.5 Å². The summed E-state index contributed by atoms with van der Waals surface area (Å²) in [6.07, 6.45) is 1.86. The number of aromatic amines is 1. The summed E-state index contributed by atoms with van der Waals surface area (Å²) in [4.78, 5) is 2.37. The first kappa shape index (κ1) is 17.0. The summed E-state index contributed by atoms with van der Waals surface area (Å²) in [5.41, 5.74) is 13.5. The first-order valence-electron chi connectivity index (χ1n) is 9.49. The smallest absolute Gasteiger partial charge is 0.0929 e. The molecule has 6 nitrogen and oxygen atoms in total. The lowest BCUT2D eigenvalue weighted by Crippen LogP contribution is -2.31. The van der Waals surface area contributed by atoms with Crippen molar-refractivity contribution in [1.29, 1.82) is 0 Å². The molecule has 3 N–H and O–H groups in total. The van der Waals surface area contributed by atoms with Gasteiger partial charge < -0.3 is 10.6 Å². The average Bonchev–Trinajstić information content (AvgIpc) is 3.20. The highest BCUT2D eigenvalue weighted by molar-refractivity contribution is 5.78. The minimum Gasteiger partial charge on any atom is -0.325 e. The SMILES string of the molecule is CN1Cc2cc(-c3ccc(CN)nn3)ccc2C(c2ccc3cn[nH]c3c2)C1. The minimum absolute atomic E-state index is 0.334. The quantitative estimate of drug-likeness (QED) is 0.579. The van der Waals surface area contributed by atoms with Crippen LogP contribution in [0.3, 0.4) is 0 Å². The summed E-state index contributed by atoms with van der Waals surface area (Å²) >= 11 is 0. The van der Waals surface area contributed by atoms with Gasteiger partial charge >= 0.3 is 0 Å². The second kappa shape index (κ2) is 6.82. The van der Waals surface area contributed by atoms with Crippen LogP contribution in [0.5, 0.6) is 0 Å². The van der Waals surface area contributed by atoms with Gasteiger partial charge in [-0.2, -0.15) is 15.3 Å². The lowest BCUT2D eigenvalue weighted by molar-refractivity contribution is 0.295. The molecule has 0 fully saturated rings. The van der Waals surface area contributed by atoms with Gasteiger partial charge in [-0.3, -0.25) is 5.10 Å². The molecule has 2 aromatic carbocycles. The molecule has 1 unspecified atom stereocenters. The molecule has 0 amide bonds. The fourth-order valence-corrected chi connectivity index (χ4v) is 4.09. The molecular weight excluding hydrogens is 348 g/mol. The molecule has 0 saturated heterocycles. The summed E-state index contributed by atoms with van der Waals surface area (Å²) in [5, 5.41) is 16.9. The Morgan fingerprint density at radius 2 is 2.04 bits per heavy atom. The van der Waals surface area contributed by atoms with Gasteiger partial charge in [0.1, 0.15) is 0 Å². The first-order valence-corrected chi connectivity index (χ1v) is 9.49. The maximum atomic E-state index is 5.63. The molecule has 1 atom stereocenters. The number of nitrogens with two attached hydrogens (primary N) is 1. The van der Waals surface area contributed by atoms with Gasteiger partial charge in [0.25, 0.3) is 0 Å². The third-order valence-electron chi connectivity index (χ3n) is 5.55. The molecule has 4 aromatic rings. The highest BCUT2D eigenvalue weighted by atomic mass is 15.1. The second-order valence-electron chi connectivity index (χ2n) is 7.49. The number of aromatic nitrogens is 4. The zero-order valence-electron chi connectivity index (χ0n) is 15.8. The lowest BCUT2D eigenvalue weighted by atomic mass is 9.83. The van der Waals surface area contributed by atoms with E-state index in [0.717, 1.165) is 40.9 Å². The van der Waals surface area contributed by atoms with Crippen LogP contribution in [-0.4, -0.2) is 38.9 Å². The zero-order valence-corrected chi connectivity index (χ0v) is 15.8. The molecule has 1 aliphatic heterocycles. The molecule has 140 valence electrons. The number of likely N-dealkylation sites (N-methyl/N-ethyl adjacent to an activating group) is 1. The van der Waals surface area contributed by atoms with Gasteiger partial charge in [0.15, 0.2) is 0 Å². The van der Waals surface area contributed by atoms with Crippen molar-refractivity contribution in [2.45, 2.75) is 19.0 Å². The molecular formula is C22H22N6. The standard InChI is InChI=1S/C22H22N6/c1-28-12-17-8-15(21-7-5-18(10-23)25-27-21)4-6-19(17)20(13-28)14-2-3-16-11-24-26-22(16)9-14/h2-9,11,20H,10,12-13,23H2,1H3,(H,24,26). The Morgan fingerprint density at radius 1 is 1.11 bits per heavy atom. The fraction of sp³-hybridized carbons (Fsp3) is 0.227. The summed E-state index contributed by atoms with van der Waals surface area (Å²) in [7, 11) is 2.17. The van der Waals surface area contributed by atoms with Crippen molar-refractivity contribution in [1.82, 2.24) is 25.3 Å². The fourth-order valence-electron chi connectivity index (χ4n) is 4.09. The maximum absolute atomic E-state index is 5.63. The molecule has 2 aromatic heterocycles. The van der Waals surface area contributed by atoms with E-state index in [1.165, 1.54) is 16.7 Å². The van der Waals surface area contributed by atoms with Crippen molar-refractivity contribution in [3.63, 3.8) is 0 Å². The third-order valence-corrected chi connectivity index (χ3v) is 5.55. The minimum atomic E-state index is 0.334. The Kier molecular flexibility index (Phi) is 4.15.